The summed E-state index contributed by atoms with van der Waals surface area (Å²) in [5, 5.41) is 8.83. The summed E-state index contributed by atoms with van der Waals surface area (Å²) in [6.07, 6.45) is 4.06. The van der Waals surface area contributed by atoms with Gasteiger partial charge < -0.3 is 5.11 Å². The SMILES string of the molecule is C=CC(F)(F)C(CCCCC)Cc1ccc(C(=O)O)cc1. The molecule has 0 aromatic heterocycles. The zero-order chi connectivity index (χ0) is 15.9. The first kappa shape index (κ1) is 17.3. The first-order chi connectivity index (χ1) is 9.90. The first-order valence-corrected chi connectivity index (χ1v) is 7.24. The minimum absolute atomic E-state index is 0.164. The van der Waals surface area contributed by atoms with Crippen LogP contribution < -0.4 is 0 Å². The van der Waals surface area contributed by atoms with Crippen LogP contribution in [0.15, 0.2) is 36.9 Å². The quantitative estimate of drug-likeness (QED) is 0.517. The minimum Gasteiger partial charge on any atom is -0.478 e. The molecule has 0 fully saturated rings. The molecule has 1 aromatic carbocycles. The van der Waals surface area contributed by atoms with Crippen LogP contribution in [0.5, 0.6) is 0 Å². The van der Waals surface area contributed by atoms with E-state index in [0.717, 1.165) is 30.9 Å². The van der Waals surface area contributed by atoms with Gasteiger partial charge in [0, 0.05) is 5.92 Å². The van der Waals surface area contributed by atoms with Gasteiger partial charge in [-0.05, 0) is 36.6 Å². The maximum absolute atomic E-state index is 13.9. The smallest absolute Gasteiger partial charge is 0.335 e. The number of carboxylic acid groups (broad SMARTS) is 1. The molecule has 0 bridgehead atoms. The predicted molar refractivity (Wildman–Crippen MR) is 79.9 cm³/mol. The average Bonchev–Trinajstić information content (AvgIpc) is 2.47. The lowest BCUT2D eigenvalue weighted by Gasteiger charge is -2.24. The van der Waals surface area contributed by atoms with E-state index in [-0.39, 0.29) is 12.0 Å². The highest BCUT2D eigenvalue weighted by molar-refractivity contribution is 5.87. The van der Waals surface area contributed by atoms with E-state index in [0.29, 0.717) is 6.42 Å². The molecule has 21 heavy (non-hydrogen) atoms. The average molecular weight is 296 g/mol. The van der Waals surface area contributed by atoms with Crippen LogP contribution in [0.3, 0.4) is 0 Å². The Labute approximate surface area is 124 Å². The van der Waals surface area contributed by atoms with Gasteiger partial charge in [0.25, 0.3) is 5.92 Å². The Balaban J connectivity index is 2.79. The van der Waals surface area contributed by atoms with Crippen molar-refractivity contribution >= 4 is 5.97 Å². The molecule has 0 aliphatic carbocycles. The summed E-state index contributed by atoms with van der Waals surface area (Å²) in [6, 6.07) is 6.12. The van der Waals surface area contributed by atoms with E-state index >= 15 is 0 Å². The number of carbonyl (C=O) groups is 1. The van der Waals surface area contributed by atoms with Gasteiger partial charge in [-0.2, -0.15) is 0 Å². The molecular weight excluding hydrogens is 274 g/mol. The third-order valence-electron chi connectivity index (χ3n) is 3.66. The zero-order valence-corrected chi connectivity index (χ0v) is 12.3. The molecule has 1 rings (SSSR count). The summed E-state index contributed by atoms with van der Waals surface area (Å²) in [5.74, 6) is -4.71. The maximum Gasteiger partial charge on any atom is 0.335 e. The van der Waals surface area contributed by atoms with Crippen molar-refractivity contribution in [1.82, 2.24) is 0 Å². The monoisotopic (exact) mass is 296 g/mol. The van der Waals surface area contributed by atoms with Gasteiger partial charge in [0.05, 0.1) is 5.56 Å². The number of hydrogen-bond donors (Lipinski definition) is 1. The van der Waals surface area contributed by atoms with Crippen LogP contribution in [0.1, 0.15) is 48.5 Å². The van der Waals surface area contributed by atoms with E-state index in [2.05, 4.69) is 6.58 Å². The molecule has 1 N–H and O–H groups in total. The first-order valence-electron chi connectivity index (χ1n) is 7.24. The fourth-order valence-electron chi connectivity index (χ4n) is 2.31. The van der Waals surface area contributed by atoms with Crippen LogP contribution in [0.2, 0.25) is 0 Å². The lowest BCUT2D eigenvalue weighted by Crippen LogP contribution is -2.27. The van der Waals surface area contributed by atoms with Crippen LogP contribution in [-0.4, -0.2) is 17.0 Å². The Morgan fingerprint density at radius 3 is 2.43 bits per heavy atom. The fourth-order valence-corrected chi connectivity index (χ4v) is 2.31. The van der Waals surface area contributed by atoms with Gasteiger partial charge in [-0.15, -0.1) is 0 Å². The van der Waals surface area contributed by atoms with Crippen molar-refractivity contribution in [2.45, 2.75) is 45.0 Å². The number of carboxylic acids is 1. The Kier molecular flexibility index (Phi) is 6.53. The van der Waals surface area contributed by atoms with Crippen molar-refractivity contribution in [2.75, 3.05) is 0 Å². The van der Waals surface area contributed by atoms with Crippen molar-refractivity contribution in [2.24, 2.45) is 5.92 Å². The standard InChI is InChI=1S/C17H22F2O2/c1-3-5-6-7-15(17(18,19)4-2)12-13-8-10-14(11-9-13)16(20)21/h4,8-11,15H,2-3,5-7,12H2,1H3,(H,20,21). The second kappa shape index (κ2) is 7.91. The Hall–Kier alpha value is -1.71. The number of aromatic carboxylic acids is 1. The molecule has 116 valence electrons. The van der Waals surface area contributed by atoms with Gasteiger partial charge in [0.1, 0.15) is 0 Å². The van der Waals surface area contributed by atoms with Crippen molar-refractivity contribution in [1.29, 1.82) is 0 Å². The van der Waals surface area contributed by atoms with E-state index in [9.17, 15) is 13.6 Å². The molecular formula is C17H22F2O2. The zero-order valence-electron chi connectivity index (χ0n) is 12.3. The number of hydrogen-bond acceptors (Lipinski definition) is 1. The Morgan fingerprint density at radius 1 is 1.33 bits per heavy atom. The minimum atomic E-state index is -2.90. The molecule has 0 aliphatic heterocycles. The van der Waals surface area contributed by atoms with Crippen molar-refractivity contribution in [3.63, 3.8) is 0 Å². The molecule has 0 radical (unpaired) electrons. The van der Waals surface area contributed by atoms with Crippen molar-refractivity contribution in [3.8, 4) is 0 Å². The van der Waals surface area contributed by atoms with Gasteiger partial charge in [0.2, 0.25) is 0 Å². The number of alkyl halides is 2. The van der Waals surface area contributed by atoms with E-state index in [1.165, 1.54) is 12.1 Å². The Morgan fingerprint density at radius 2 is 1.95 bits per heavy atom. The summed E-state index contributed by atoms with van der Waals surface area (Å²) in [5.41, 5.74) is 0.889. The number of unbranched alkanes of at least 4 members (excludes halogenated alkanes) is 2. The number of allylic oxidation sites excluding steroid dienone is 1. The van der Waals surface area contributed by atoms with Crippen molar-refractivity contribution in [3.05, 3.63) is 48.0 Å². The van der Waals surface area contributed by atoms with E-state index in [1.54, 1.807) is 12.1 Å². The number of benzene rings is 1. The largest absolute Gasteiger partial charge is 0.478 e. The lowest BCUT2D eigenvalue weighted by atomic mass is 9.88. The van der Waals surface area contributed by atoms with E-state index < -0.39 is 17.8 Å². The fraction of sp³-hybridized carbons (Fsp3) is 0.471. The molecule has 1 atom stereocenters. The summed E-state index contributed by atoms with van der Waals surface area (Å²) < 4.78 is 27.9. The maximum atomic E-state index is 13.9. The molecule has 4 heteroatoms. The Bertz CT molecular complexity index is 466. The molecule has 0 spiro atoms. The van der Waals surface area contributed by atoms with Crippen LogP contribution in [0, 0.1) is 5.92 Å². The summed E-state index contributed by atoms with van der Waals surface area (Å²) in [6.45, 7) is 5.27. The highest BCUT2D eigenvalue weighted by Gasteiger charge is 2.35. The molecule has 0 saturated heterocycles. The summed E-state index contributed by atoms with van der Waals surface area (Å²) in [4.78, 5) is 10.8. The number of halogens is 2. The molecule has 1 unspecified atom stereocenters. The van der Waals surface area contributed by atoms with Crippen LogP contribution in [0.4, 0.5) is 8.78 Å². The predicted octanol–water partition coefficient (Wildman–Crippen LogP) is 4.95. The normalized spacial score (nSPS) is 12.9. The third kappa shape index (κ3) is 5.29. The van der Waals surface area contributed by atoms with Crippen molar-refractivity contribution < 1.29 is 18.7 Å². The van der Waals surface area contributed by atoms with Crippen LogP contribution in [-0.2, 0) is 6.42 Å². The molecule has 2 nitrogen and oxygen atoms in total. The third-order valence-corrected chi connectivity index (χ3v) is 3.66. The second-order valence-corrected chi connectivity index (χ2v) is 5.28. The topological polar surface area (TPSA) is 37.3 Å². The van der Waals surface area contributed by atoms with Gasteiger partial charge in [-0.3, -0.25) is 0 Å². The van der Waals surface area contributed by atoms with E-state index in [1.807, 2.05) is 6.92 Å². The van der Waals surface area contributed by atoms with Gasteiger partial charge in [0.15, 0.2) is 0 Å². The second-order valence-electron chi connectivity index (χ2n) is 5.28. The molecule has 1 aromatic rings. The number of rotatable bonds is 9. The highest BCUT2D eigenvalue weighted by Crippen LogP contribution is 2.33. The van der Waals surface area contributed by atoms with E-state index in [4.69, 9.17) is 5.11 Å². The van der Waals surface area contributed by atoms with Crippen LogP contribution in [0.25, 0.3) is 0 Å². The molecule has 0 aliphatic rings. The lowest BCUT2D eigenvalue weighted by molar-refractivity contribution is -0.0133. The van der Waals surface area contributed by atoms with Gasteiger partial charge in [-0.25, -0.2) is 13.6 Å². The molecule has 0 saturated carbocycles. The summed E-state index contributed by atoms with van der Waals surface area (Å²) in [7, 11) is 0. The van der Waals surface area contributed by atoms with Crippen LogP contribution >= 0.6 is 0 Å². The molecule has 0 amide bonds. The highest BCUT2D eigenvalue weighted by atomic mass is 19.3. The van der Waals surface area contributed by atoms with Gasteiger partial charge in [-0.1, -0.05) is 44.9 Å². The van der Waals surface area contributed by atoms with Gasteiger partial charge >= 0.3 is 5.97 Å². The summed E-state index contributed by atoms with van der Waals surface area (Å²) >= 11 is 0. The molecule has 0 heterocycles.